The van der Waals surface area contributed by atoms with E-state index in [4.69, 9.17) is 5.11 Å². The zero-order chi connectivity index (χ0) is 13.6. The number of nitrogens with zero attached hydrogens (tertiary/aromatic N) is 1. The molecule has 0 bridgehead atoms. The average molecular weight is 278 g/mol. The van der Waals surface area contributed by atoms with Crippen LogP contribution in [0.2, 0.25) is 0 Å². The first-order valence-electron chi connectivity index (χ1n) is 6.47. The second-order valence-electron chi connectivity index (χ2n) is 4.62. The third-order valence-corrected chi connectivity index (χ3v) is 4.70. The van der Waals surface area contributed by atoms with E-state index in [1.54, 1.807) is 0 Å². The summed E-state index contributed by atoms with van der Waals surface area (Å²) in [6.07, 6.45) is 4.67. The molecule has 1 heterocycles. The molecule has 0 unspecified atom stereocenters. The van der Waals surface area contributed by atoms with Gasteiger partial charge in [-0.15, -0.1) is 0 Å². The fraction of sp³-hybridized carbons (Fsp3) is 0.909. The number of aliphatic carboxylic acids is 1. The minimum Gasteiger partial charge on any atom is -0.480 e. The molecule has 1 rings (SSSR count). The van der Waals surface area contributed by atoms with Gasteiger partial charge in [-0.2, -0.15) is 17.4 Å². The van der Waals surface area contributed by atoms with Gasteiger partial charge in [0.1, 0.15) is 6.04 Å². The maximum absolute atomic E-state index is 12.1. The summed E-state index contributed by atoms with van der Waals surface area (Å²) in [7, 11) is -3.67. The number of carboxylic acids is 1. The van der Waals surface area contributed by atoms with E-state index in [2.05, 4.69) is 4.72 Å². The van der Waals surface area contributed by atoms with Gasteiger partial charge in [-0.05, 0) is 19.3 Å². The first-order valence-corrected chi connectivity index (χ1v) is 7.91. The highest BCUT2D eigenvalue weighted by Gasteiger charge is 2.28. The summed E-state index contributed by atoms with van der Waals surface area (Å²) in [6.45, 7) is 2.79. The zero-order valence-corrected chi connectivity index (χ0v) is 11.6. The molecule has 0 spiro atoms. The third kappa shape index (κ3) is 4.55. The molecule has 1 saturated heterocycles. The van der Waals surface area contributed by atoms with Crippen molar-refractivity contribution < 1.29 is 18.3 Å². The van der Waals surface area contributed by atoms with Crippen molar-refractivity contribution in [2.45, 2.75) is 51.5 Å². The van der Waals surface area contributed by atoms with Crippen molar-refractivity contribution in [1.29, 1.82) is 0 Å². The van der Waals surface area contributed by atoms with Crippen molar-refractivity contribution in [1.82, 2.24) is 9.03 Å². The van der Waals surface area contributed by atoms with E-state index in [0.29, 0.717) is 25.9 Å². The molecule has 0 amide bonds. The minimum absolute atomic E-state index is 0.308. The summed E-state index contributed by atoms with van der Waals surface area (Å²) in [5.74, 6) is -1.12. The largest absolute Gasteiger partial charge is 0.480 e. The van der Waals surface area contributed by atoms with Crippen LogP contribution in [0.25, 0.3) is 0 Å². The van der Waals surface area contributed by atoms with Crippen LogP contribution in [0.5, 0.6) is 0 Å². The minimum atomic E-state index is -3.67. The van der Waals surface area contributed by atoms with Crippen LogP contribution in [0.1, 0.15) is 45.4 Å². The lowest BCUT2D eigenvalue weighted by Gasteiger charge is -2.22. The van der Waals surface area contributed by atoms with Crippen LogP contribution < -0.4 is 4.72 Å². The quantitative estimate of drug-likeness (QED) is 0.757. The molecular formula is C11H22N2O4S. The van der Waals surface area contributed by atoms with E-state index in [1.165, 1.54) is 4.31 Å². The summed E-state index contributed by atoms with van der Waals surface area (Å²) >= 11 is 0. The van der Waals surface area contributed by atoms with Gasteiger partial charge in [0.2, 0.25) is 0 Å². The predicted octanol–water partition coefficient (Wildman–Crippen LogP) is 0.950. The number of carboxylic acid groups (broad SMARTS) is 1. The van der Waals surface area contributed by atoms with Gasteiger partial charge in [-0.3, -0.25) is 4.79 Å². The highest BCUT2D eigenvalue weighted by atomic mass is 32.2. The summed E-state index contributed by atoms with van der Waals surface area (Å²) in [4.78, 5) is 11.0. The zero-order valence-electron chi connectivity index (χ0n) is 10.8. The lowest BCUT2D eigenvalue weighted by Crippen LogP contribution is -2.48. The lowest BCUT2D eigenvalue weighted by atomic mass is 10.2. The third-order valence-electron chi connectivity index (χ3n) is 3.07. The second kappa shape index (κ2) is 7.06. The fourth-order valence-corrected chi connectivity index (χ4v) is 3.52. The van der Waals surface area contributed by atoms with E-state index in [0.717, 1.165) is 25.7 Å². The molecule has 1 fully saturated rings. The van der Waals surface area contributed by atoms with E-state index in [9.17, 15) is 13.2 Å². The van der Waals surface area contributed by atoms with E-state index in [-0.39, 0.29) is 0 Å². The molecule has 0 radical (unpaired) electrons. The first-order chi connectivity index (χ1) is 8.47. The Morgan fingerprint density at radius 1 is 1.28 bits per heavy atom. The highest BCUT2D eigenvalue weighted by molar-refractivity contribution is 7.87. The van der Waals surface area contributed by atoms with Gasteiger partial charge in [0.25, 0.3) is 10.2 Å². The molecule has 6 nitrogen and oxygen atoms in total. The molecule has 0 saturated carbocycles. The number of hydrogen-bond donors (Lipinski definition) is 2. The first kappa shape index (κ1) is 15.4. The van der Waals surface area contributed by atoms with Gasteiger partial charge in [0, 0.05) is 13.1 Å². The van der Waals surface area contributed by atoms with Crippen molar-refractivity contribution in [2.75, 3.05) is 13.1 Å². The van der Waals surface area contributed by atoms with E-state index < -0.39 is 22.2 Å². The second-order valence-corrected chi connectivity index (χ2v) is 6.32. The monoisotopic (exact) mass is 278 g/mol. The number of nitrogens with one attached hydrogen (secondary N) is 1. The molecule has 1 aliphatic rings. The molecule has 0 aliphatic carbocycles. The predicted molar refractivity (Wildman–Crippen MR) is 68.4 cm³/mol. The van der Waals surface area contributed by atoms with Crippen LogP contribution in [0, 0.1) is 0 Å². The molecule has 2 N–H and O–H groups in total. The molecule has 0 aromatic rings. The Balaban J connectivity index is 2.69. The van der Waals surface area contributed by atoms with Crippen LogP contribution in [0.4, 0.5) is 0 Å². The summed E-state index contributed by atoms with van der Waals surface area (Å²) in [5.41, 5.74) is 0. The van der Waals surface area contributed by atoms with Crippen LogP contribution in [0.3, 0.4) is 0 Å². The summed E-state index contributed by atoms with van der Waals surface area (Å²) in [6, 6.07) is -1.02. The smallest absolute Gasteiger partial charge is 0.321 e. The number of rotatable bonds is 6. The van der Waals surface area contributed by atoms with Gasteiger partial charge in [-0.1, -0.05) is 26.2 Å². The maximum atomic E-state index is 12.1. The van der Waals surface area contributed by atoms with Gasteiger partial charge in [0.15, 0.2) is 0 Å². The van der Waals surface area contributed by atoms with Crippen molar-refractivity contribution in [2.24, 2.45) is 0 Å². The number of hydrogen-bond acceptors (Lipinski definition) is 3. The van der Waals surface area contributed by atoms with Crippen molar-refractivity contribution in [3.05, 3.63) is 0 Å². The van der Waals surface area contributed by atoms with Gasteiger partial charge in [-0.25, -0.2) is 0 Å². The Labute approximate surface area is 109 Å². The Kier molecular flexibility index (Phi) is 6.04. The van der Waals surface area contributed by atoms with Crippen molar-refractivity contribution >= 4 is 16.2 Å². The van der Waals surface area contributed by atoms with E-state index in [1.807, 2.05) is 6.92 Å². The van der Waals surface area contributed by atoms with Crippen LogP contribution in [-0.4, -0.2) is 42.9 Å². The number of carbonyl (C=O) groups is 1. The topological polar surface area (TPSA) is 86.7 Å². The maximum Gasteiger partial charge on any atom is 0.321 e. The van der Waals surface area contributed by atoms with E-state index >= 15 is 0 Å². The van der Waals surface area contributed by atoms with Crippen LogP contribution >= 0.6 is 0 Å². The highest BCUT2D eigenvalue weighted by Crippen LogP contribution is 2.13. The van der Waals surface area contributed by atoms with Gasteiger partial charge < -0.3 is 5.11 Å². The normalized spacial score (nSPS) is 20.3. The Bertz CT molecular complexity index is 361. The SMILES string of the molecule is CCC[C@@H](NS(=O)(=O)N1CCCCCC1)C(=O)O. The summed E-state index contributed by atoms with van der Waals surface area (Å²) < 4.78 is 27.8. The molecule has 0 aromatic carbocycles. The molecule has 106 valence electrons. The molecule has 7 heteroatoms. The summed E-state index contributed by atoms with van der Waals surface area (Å²) in [5, 5.41) is 8.98. The standard InChI is InChI=1S/C11H22N2O4S/c1-2-7-10(11(14)15)12-18(16,17)13-8-5-3-4-6-9-13/h10,12H,2-9H2,1H3,(H,14,15)/t10-/m1/s1. The van der Waals surface area contributed by atoms with Gasteiger partial charge >= 0.3 is 5.97 Å². The van der Waals surface area contributed by atoms with Gasteiger partial charge in [0.05, 0.1) is 0 Å². The van der Waals surface area contributed by atoms with Crippen LogP contribution in [0.15, 0.2) is 0 Å². The van der Waals surface area contributed by atoms with Crippen LogP contribution in [-0.2, 0) is 15.0 Å². The molecule has 0 aromatic heterocycles. The molecule has 1 aliphatic heterocycles. The molecule has 18 heavy (non-hydrogen) atoms. The molecular weight excluding hydrogens is 256 g/mol. The van der Waals surface area contributed by atoms with Crippen molar-refractivity contribution in [3.8, 4) is 0 Å². The Hall–Kier alpha value is -0.660. The average Bonchev–Trinajstić information content (AvgIpc) is 2.57. The Morgan fingerprint density at radius 2 is 1.83 bits per heavy atom. The van der Waals surface area contributed by atoms with Crippen molar-refractivity contribution in [3.63, 3.8) is 0 Å². The lowest BCUT2D eigenvalue weighted by molar-refractivity contribution is -0.139. The Morgan fingerprint density at radius 3 is 2.28 bits per heavy atom. The molecule has 1 atom stereocenters. The fourth-order valence-electron chi connectivity index (χ4n) is 2.06.